The van der Waals surface area contributed by atoms with Gasteiger partial charge in [-0.2, -0.15) is 13.2 Å². The highest BCUT2D eigenvalue weighted by Gasteiger charge is 2.33. The first-order valence-corrected chi connectivity index (χ1v) is 8.18. The highest BCUT2D eigenvalue weighted by Crippen LogP contribution is 2.34. The van der Waals surface area contributed by atoms with Crippen molar-refractivity contribution in [3.63, 3.8) is 0 Å². The Balaban J connectivity index is 2.19. The van der Waals surface area contributed by atoms with E-state index in [2.05, 4.69) is 21.2 Å². The molecule has 7 heteroatoms. The van der Waals surface area contributed by atoms with E-state index in [0.717, 1.165) is 16.6 Å². The maximum Gasteiger partial charge on any atom is 0.418 e. The molecule has 0 bridgehead atoms. The maximum atomic E-state index is 12.9. The molecule has 2 rings (SSSR count). The lowest BCUT2D eigenvalue weighted by atomic mass is 10.1. The minimum Gasteiger partial charge on any atom is -0.493 e. The summed E-state index contributed by atoms with van der Waals surface area (Å²) in [5.74, 6) is -0.0930. The molecule has 132 valence electrons. The average molecular weight is 414 g/mol. The number of para-hydroxylation sites is 1. The summed E-state index contributed by atoms with van der Waals surface area (Å²) in [6, 6.07) is 10.1. The first-order valence-electron chi connectivity index (χ1n) is 7.39. The monoisotopic (exact) mass is 413 g/mol. The number of carbonyl (C=O) groups excluding carboxylic acids is 1. The summed E-state index contributed by atoms with van der Waals surface area (Å²) in [6.07, 6.45) is -1.89. The van der Waals surface area contributed by atoms with Crippen molar-refractivity contribution >= 4 is 33.6 Å². The molecule has 0 unspecified atom stereocenters. The molecule has 0 radical (unpaired) electrons. The molecular weight excluding hydrogens is 399 g/mol. The topological polar surface area (TPSA) is 38.3 Å². The van der Waals surface area contributed by atoms with E-state index in [0.29, 0.717) is 17.9 Å². The number of rotatable bonds is 5. The number of nitrogens with one attached hydrogen (secondary N) is 1. The van der Waals surface area contributed by atoms with Crippen molar-refractivity contribution in [2.75, 3.05) is 11.9 Å². The first-order chi connectivity index (χ1) is 11.8. The predicted octanol–water partition coefficient (Wildman–Crippen LogP) is 5.52. The average Bonchev–Trinajstić information content (AvgIpc) is 2.55. The Labute approximate surface area is 151 Å². The van der Waals surface area contributed by atoms with Gasteiger partial charge >= 0.3 is 6.18 Å². The minimum atomic E-state index is -4.54. The highest BCUT2D eigenvalue weighted by atomic mass is 79.9. The van der Waals surface area contributed by atoms with Crippen molar-refractivity contribution in [1.82, 2.24) is 0 Å². The summed E-state index contributed by atoms with van der Waals surface area (Å²) in [7, 11) is 0. The van der Waals surface area contributed by atoms with Gasteiger partial charge in [0.05, 0.1) is 17.9 Å². The molecule has 1 amide bonds. The SMILES string of the molecule is CCOc1ccc(Br)cc1/C=C/C(=O)Nc1ccccc1C(F)(F)F. The molecule has 0 spiro atoms. The summed E-state index contributed by atoms with van der Waals surface area (Å²) in [6.45, 7) is 2.28. The van der Waals surface area contributed by atoms with Gasteiger partial charge in [-0.1, -0.05) is 28.1 Å². The fourth-order valence-electron chi connectivity index (χ4n) is 2.12. The molecule has 0 fully saturated rings. The number of amides is 1. The van der Waals surface area contributed by atoms with Gasteiger partial charge in [0.15, 0.2) is 0 Å². The fraction of sp³-hybridized carbons (Fsp3) is 0.167. The van der Waals surface area contributed by atoms with Crippen LogP contribution in [0.1, 0.15) is 18.1 Å². The van der Waals surface area contributed by atoms with Crippen LogP contribution in [-0.2, 0) is 11.0 Å². The number of halogens is 4. The van der Waals surface area contributed by atoms with Gasteiger partial charge in [0.1, 0.15) is 5.75 Å². The Morgan fingerprint density at radius 1 is 1.24 bits per heavy atom. The molecule has 2 aromatic carbocycles. The van der Waals surface area contributed by atoms with Gasteiger partial charge in [-0.15, -0.1) is 0 Å². The third-order valence-electron chi connectivity index (χ3n) is 3.18. The molecule has 25 heavy (non-hydrogen) atoms. The second kappa shape index (κ2) is 8.20. The van der Waals surface area contributed by atoms with E-state index in [4.69, 9.17) is 4.74 Å². The van der Waals surface area contributed by atoms with Gasteiger partial charge in [0.25, 0.3) is 0 Å². The molecule has 0 heterocycles. The smallest absolute Gasteiger partial charge is 0.418 e. The predicted molar refractivity (Wildman–Crippen MR) is 94.4 cm³/mol. The van der Waals surface area contributed by atoms with Crippen LogP contribution in [0.4, 0.5) is 18.9 Å². The molecule has 0 saturated heterocycles. The molecule has 1 N–H and O–H groups in total. The normalized spacial score (nSPS) is 11.6. The third kappa shape index (κ3) is 5.35. The van der Waals surface area contributed by atoms with Gasteiger partial charge in [-0.3, -0.25) is 4.79 Å². The van der Waals surface area contributed by atoms with Crippen LogP contribution in [0.15, 0.2) is 53.0 Å². The Morgan fingerprint density at radius 3 is 2.64 bits per heavy atom. The molecule has 2 aromatic rings. The van der Waals surface area contributed by atoms with Crippen molar-refractivity contribution in [3.05, 3.63) is 64.1 Å². The minimum absolute atomic E-state index is 0.288. The van der Waals surface area contributed by atoms with E-state index >= 15 is 0 Å². The quantitative estimate of drug-likeness (QED) is 0.655. The lowest BCUT2D eigenvalue weighted by Gasteiger charge is -2.12. The van der Waals surface area contributed by atoms with Crippen LogP contribution in [0.5, 0.6) is 5.75 Å². The number of hydrogen-bond acceptors (Lipinski definition) is 2. The maximum absolute atomic E-state index is 12.9. The Kier molecular flexibility index (Phi) is 6.25. The zero-order valence-electron chi connectivity index (χ0n) is 13.2. The lowest BCUT2D eigenvalue weighted by molar-refractivity contribution is -0.136. The van der Waals surface area contributed by atoms with Crippen LogP contribution < -0.4 is 10.1 Å². The van der Waals surface area contributed by atoms with E-state index in [1.165, 1.54) is 24.3 Å². The zero-order valence-corrected chi connectivity index (χ0v) is 14.8. The highest BCUT2D eigenvalue weighted by molar-refractivity contribution is 9.10. The number of alkyl halides is 3. The zero-order chi connectivity index (χ0) is 18.4. The van der Waals surface area contributed by atoms with E-state index < -0.39 is 17.6 Å². The van der Waals surface area contributed by atoms with Gasteiger partial charge in [0, 0.05) is 16.1 Å². The summed E-state index contributed by atoms with van der Waals surface area (Å²) in [4.78, 5) is 12.0. The van der Waals surface area contributed by atoms with E-state index in [-0.39, 0.29) is 5.69 Å². The number of hydrogen-bond donors (Lipinski definition) is 1. The van der Waals surface area contributed by atoms with Crippen LogP contribution in [0.3, 0.4) is 0 Å². The Hall–Kier alpha value is -2.28. The van der Waals surface area contributed by atoms with Crippen LogP contribution >= 0.6 is 15.9 Å². The van der Waals surface area contributed by atoms with Crippen LogP contribution in [0.25, 0.3) is 6.08 Å². The Morgan fingerprint density at radius 2 is 1.96 bits per heavy atom. The van der Waals surface area contributed by atoms with E-state index in [1.807, 2.05) is 6.92 Å². The molecular formula is C18H15BrF3NO2. The molecule has 0 aliphatic heterocycles. The third-order valence-corrected chi connectivity index (χ3v) is 3.67. The molecule has 3 nitrogen and oxygen atoms in total. The fourth-order valence-corrected chi connectivity index (χ4v) is 2.49. The van der Waals surface area contributed by atoms with Crippen LogP contribution in [0, 0.1) is 0 Å². The number of ether oxygens (including phenoxy) is 1. The van der Waals surface area contributed by atoms with Gasteiger partial charge < -0.3 is 10.1 Å². The van der Waals surface area contributed by atoms with Gasteiger partial charge in [0.2, 0.25) is 5.91 Å². The molecule has 0 aliphatic rings. The van der Waals surface area contributed by atoms with Crippen molar-refractivity contribution < 1.29 is 22.7 Å². The molecule has 0 atom stereocenters. The molecule has 0 saturated carbocycles. The summed E-state index contributed by atoms with van der Waals surface area (Å²) in [5.41, 5.74) is -0.548. The van der Waals surface area contributed by atoms with Gasteiger partial charge in [-0.25, -0.2) is 0 Å². The summed E-state index contributed by atoms with van der Waals surface area (Å²) in [5, 5.41) is 2.26. The number of carbonyl (C=O) groups is 1. The first kappa shape index (κ1) is 19.1. The van der Waals surface area contributed by atoms with E-state index in [9.17, 15) is 18.0 Å². The van der Waals surface area contributed by atoms with Crippen molar-refractivity contribution in [2.45, 2.75) is 13.1 Å². The summed E-state index contributed by atoms with van der Waals surface area (Å²) < 4.78 is 45.1. The van der Waals surface area contributed by atoms with E-state index in [1.54, 1.807) is 18.2 Å². The van der Waals surface area contributed by atoms with Crippen molar-refractivity contribution in [2.24, 2.45) is 0 Å². The van der Waals surface area contributed by atoms with Crippen LogP contribution in [-0.4, -0.2) is 12.5 Å². The van der Waals surface area contributed by atoms with Crippen molar-refractivity contribution in [1.29, 1.82) is 0 Å². The lowest BCUT2D eigenvalue weighted by Crippen LogP contribution is -2.14. The second-order valence-electron chi connectivity index (χ2n) is 4.98. The second-order valence-corrected chi connectivity index (χ2v) is 5.90. The van der Waals surface area contributed by atoms with Gasteiger partial charge in [-0.05, 0) is 43.3 Å². The summed E-state index contributed by atoms with van der Waals surface area (Å²) >= 11 is 3.32. The standard InChI is InChI=1S/C18H15BrF3NO2/c1-2-25-16-9-8-13(19)11-12(16)7-10-17(24)23-15-6-4-3-5-14(15)18(20,21)22/h3-11H,2H2,1H3,(H,23,24)/b10-7+. The number of benzene rings is 2. The van der Waals surface area contributed by atoms with Crippen LogP contribution in [0.2, 0.25) is 0 Å². The molecule has 0 aromatic heterocycles. The number of anilines is 1. The largest absolute Gasteiger partial charge is 0.493 e. The molecule has 0 aliphatic carbocycles. The van der Waals surface area contributed by atoms with Crippen molar-refractivity contribution in [3.8, 4) is 5.75 Å². The Bertz CT molecular complexity index is 788.